The molecule has 7 heteroatoms. The van der Waals surface area contributed by atoms with E-state index in [0.29, 0.717) is 30.9 Å². The molecule has 0 aliphatic carbocycles. The van der Waals surface area contributed by atoms with E-state index < -0.39 is 18.0 Å². The first-order valence-corrected chi connectivity index (χ1v) is 7.85. The van der Waals surface area contributed by atoms with E-state index in [0.717, 1.165) is 5.56 Å². The molecule has 0 heterocycles. The maximum Gasteiger partial charge on any atom is 0.326 e. The number of aliphatic carboxylic acids is 1. The van der Waals surface area contributed by atoms with Gasteiger partial charge in [-0.3, -0.25) is 0 Å². The van der Waals surface area contributed by atoms with Crippen LogP contribution in [0, 0.1) is 5.92 Å². The summed E-state index contributed by atoms with van der Waals surface area (Å²) >= 11 is 0. The Kier molecular flexibility index (Phi) is 7.88. The van der Waals surface area contributed by atoms with Crippen LogP contribution in [0.15, 0.2) is 18.2 Å². The summed E-state index contributed by atoms with van der Waals surface area (Å²) in [4.78, 5) is 23.0. The molecule has 1 aromatic carbocycles. The maximum absolute atomic E-state index is 11.8. The molecule has 0 saturated heterocycles. The molecule has 24 heavy (non-hydrogen) atoms. The zero-order valence-corrected chi connectivity index (χ0v) is 14.6. The zero-order valence-electron chi connectivity index (χ0n) is 14.6. The maximum atomic E-state index is 11.8. The Morgan fingerprint density at radius 1 is 1.17 bits per heavy atom. The summed E-state index contributed by atoms with van der Waals surface area (Å²) in [7, 11) is 3.13. The van der Waals surface area contributed by atoms with Gasteiger partial charge in [0, 0.05) is 6.54 Å². The average molecular weight is 338 g/mol. The smallest absolute Gasteiger partial charge is 0.326 e. The topological polar surface area (TPSA) is 96.9 Å². The first-order valence-electron chi connectivity index (χ1n) is 7.85. The number of nitrogens with one attached hydrogen (secondary N) is 2. The number of carbonyl (C=O) groups excluding carboxylic acids is 1. The molecule has 3 N–H and O–H groups in total. The lowest BCUT2D eigenvalue weighted by Gasteiger charge is -2.17. The van der Waals surface area contributed by atoms with Crippen LogP contribution in [0.2, 0.25) is 0 Å². The number of benzene rings is 1. The van der Waals surface area contributed by atoms with Crippen LogP contribution in [-0.2, 0) is 11.2 Å². The van der Waals surface area contributed by atoms with Crippen LogP contribution in [0.25, 0.3) is 0 Å². The van der Waals surface area contributed by atoms with Gasteiger partial charge in [0.25, 0.3) is 0 Å². The predicted octanol–water partition coefficient (Wildman–Crippen LogP) is 2.04. The average Bonchev–Trinajstić information content (AvgIpc) is 2.53. The number of hydrogen-bond donors (Lipinski definition) is 3. The van der Waals surface area contributed by atoms with Crippen molar-refractivity contribution in [2.24, 2.45) is 5.92 Å². The lowest BCUT2D eigenvalue weighted by atomic mass is 10.0. The lowest BCUT2D eigenvalue weighted by Crippen LogP contribution is -2.47. The standard InChI is InChI=1S/C17H26N2O5/c1-11(2)9-13(16(20)21)19-17(22)18-8-7-12-5-6-14(23-3)15(10-12)24-4/h5-6,10-11,13H,7-9H2,1-4H3,(H,20,21)(H2,18,19,22). The molecule has 0 bridgehead atoms. The quantitative estimate of drug-likeness (QED) is 0.640. The molecule has 0 fully saturated rings. The van der Waals surface area contributed by atoms with Crippen molar-refractivity contribution in [2.45, 2.75) is 32.7 Å². The van der Waals surface area contributed by atoms with Crippen molar-refractivity contribution in [3.05, 3.63) is 23.8 Å². The highest BCUT2D eigenvalue weighted by atomic mass is 16.5. The Labute approximate surface area is 142 Å². The van der Waals surface area contributed by atoms with Gasteiger partial charge in [-0.2, -0.15) is 0 Å². The van der Waals surface area contributed by atoms with Gasteiger partial charge < -0.3 is 25.2 Å². The Hall–Kier alpha value is -2.44. The molecule has 0 aliphatic rings. The van der Waals surface area contributed by atoms with Crippen LogP contribution in [0.1, 0.15) is 25.8 Å². The minimum Gasteiger partial charge on any atom is -0.493 e. The number of carboxylic acid groups (broad SMARTS) is 1. The second-order valence-electron chi connectivity index (χ2n) is 5.86. The number of ether oxygens (including phenoxy) is 2. The molecule has 1 atom stereocenters. The molecule has 0 aliphatic heterocycles. The summed E-state index contributed by atoms with van der Waals surface area (Å²) in [6.45, 7) is 4.20. The number of urea groups is 1. The van der Waals surface area contributed by atoms with Crippen LogP contribution >= 0.6 is 0 Å². The summed E-state index contributed by atoms with van der Waals surface area (Å²) in [5.74, 6) is 0.421. The molecule has 0 spiro atoms. The zero-order chi connectivity index (χ0) is 18.1. The largest absolute Gasteiger partial charge is 0.493 e. The van der Waals surface area contributed by atoms with E-state index in [1.165, 1.54) is 0 Å². The third-order valence-corrected chi connectivity index (χ3v) is 3.46. The van der Waals surface area contributed by atoms with Crippen LogP contribution in [0.3, 0.4) is 0 Å². The molecule has 1 aromatic rings. The van der Waals surface area contributed by atoms with Crippen molar-refractivity contribution in [2.75, 3.05) is 20.8 Å². The fraction of sp³-hybridized carbons (Fsp3) is 0.529. The Balaban J connectivity index is 2.49. The van der Waals surface area contributed by atoms with E-state index >= 15 is 0 Å². The van der Waals surface area contributed by atoms with E-state index in [1.807, 2.05) is 26.0 Å². The molecule has 0 saturated carbocycles. The number of carboxylic acids is 1. The van der Waals surface area contributed by atoms with Gasteiger partial charge in [-0.15, -0.1) is 0 Å². The molecule has 1 unspecified atom stereocenters. The van der Waals surface area contributed by atoms with Gasteiger partial charge in [-0.05, 0) is 36.5 Å². The van der Waals surface area contributed by atoms with E-state index in [4.69, 9.17) is 14.6 Å². The van der Waals surface area contributed by atoms with Crippen LogP contribution in [-0.4, -0.2) is 43.9 Å². The molecule has 1 rings (SSSR count). The summed E-state index contributed by atoms with van der Waals surface area (Å²) in [5, 5.41) is 14.3. The molecule has 134 valence electrons. The van der Waals surface area contributed by atoms with Crippen LogP contribution in [0.4, 0.5) is 4.79 Å². The van der Waals surface area contributed by atoms with Crippen LogP contribution < -0.4 is 20.1 Å². The van der Waals surface area contributed by atoms with Crippen molar-refractivity contribution in [1.29, 1.82) is 0 Å². The Morgan fingerprint density at radius 2 is 1.83 bits per heavy atom. The molecule has 2 amide bonds. The van der Waals surface area contributed by atoms with Crippen molar-refractivity contribution < 1.29 is 24.2 Å². The summed E-state index contributed by atoms with van der Waals surface area (Å²) < 4.78 is 10.4. The van der Waals surface area contributed by atoms with E-state index in [1.54, 1.807) is 20.3 Å². The summed E-state index contributed by atoms with van der Waals surface area (Å²) in [6, 6.07) is 4.17. The monoisotopic (exact) mass is 338 g/mol. The van der Waals surface area contributed by atoms with Gasteiger partial charge in [-0.1, -0.05) is 19.9 Å². The van der Waals surface area contributed by atoms with Crippen molar-refractivity contribution in [3.8, 4) is 11.5 Å². The molecular formula is C17H26N2O5. The fourth-order valence-electron chi connectivity index (χ4n) is 2.26. The second-order valence-corrected chi connectivity index (χ2v) is 5.86. The van der Waals surface area contributed by atoms with E-state index in [2.05, 4.69) is 10.6 Å². The minimum absolute atomic E-state index is 0.179. The third-order valence-electron chi connectivity index (χ3n) is 3.46. The third kappa shape index (κ3) is 6.36. The molecule has 0 radical (unpaired) electrons. The van der Waals surface area contributed by atoms with Crippen molar-refractivity contribution in [3.63, 3.8) is 0 Å². The van der Waals surface area contributed by atoms with Gasteiger partial charge in [0.15, 0.2) is 11.5 Å². The van der Waals surface area contributed by atoms with Crippen LogP contribution in [0.5, 0.6) is 11.5 Å². The van der Waals surface area contributed by atoms with Gasteiger partial charge >= 0.3 is 12.0 Å². The molecular weight excluding hydrogens is 312 g/mol. The fourth-order valence-corrected chi connectivity index (χ4v) is 2.26. The van der Waals surface area contributed by atoms with E-state index in [9.17, 15) is 9.59 Å². The van der Waals surface area contributed by atoms with Gasteiger partial charge in [0.2, 0.25) is 0 Å². The number of hydrogen-bond acceptors (Lipinski definition) is 4. The SMILES string of the molecule is COc1ccc(CCNC(=O)NC(CC(C)C)C(=O)O)cc1OC. The normalized spacial score (nSPS) is 11.7. The second kappa shape index (κ2) is 9.64. The van der Waals surface area contributed by atoms with Crippen molar-refractivity contribution in [1.82, 2.24) is 10.6 Å². The Bertz CT molecular complexity index is 560. The first-order chi connectivity index (χ1) is 11.4. The minimum atomic E-state index is -1.03. The number of amides is 2. The number of rotatable bonds is 9. The highest BCUT2D eigenvalue weighted by Gasteiger charge is 2.20. The highest BCUT2D eigenvalue weighted by molar-refractivity contribution is 5.82. The van der Waals surface area contributed by atoms with E-state index in [-0.39, 0.29) is 5.92 Å². The Morgan fingerprint density at radius 3 is 2.38 bits per heavy atom. The predicted molar refractivity (Wildman–Crippen MR) is 90.7 cm³/mol. The highest BCUT2D eigenvalue weighted by Crippen LogP contribution is 2.27. The first kappa shape index (κ1) is 19.6. The van der Waals surface area contributed by atoms with Gasteiger partial charge in [0.05, 0.1) is 14.2 Å². The number of methoxy groups -OCH3 is 2. The summed E-state index contributed by atoms with van der Waals surface area (Å²) in [5.41, 5.74) is 0.977. The number of carbonyl (C=O) groups is 2. The van der Waals surface area contributed by atoms with Gasteiger partial charge in [-0.25, -0.2) is 9.59 Å². The van der Waals surface area contributed by atoms with Gasteiger partial charge in [0.1, 0.15) is 6.04 Å². The summed E-state index contributed by atoms with van der Waals surface area (Å²) in [6.07, 6.45) is 0.980. The van der Waals surface area contributed by atoms with Crippen molar-refractivity contribution >= 4 is 12.0 Å². The molecule has 0 aromatic heterocycles. The molecule has 7 nitrogen and oxygen atoms in total. The lowest BCUT2D eigenvalue weighted by molar-refractivity contribution is -0.139.